The lowest BCUT2D eigenvalue weighted by atomic mass is 9.97. The van der Waals surface area contributed by atoms with Crippen molar-refractivity contribution in [3.63, 3.8) is 0 Å². The van der Waals surface area contributed by atoms with Gasteiger partial charge < -0.3 is 10.2 Å². The van der Waals surface area contributed by atoms with Crippen LogP contribution in [0.3, 0.4) is 0 Å². The van der Waals surface area contributed by atoms with Crippen molar-refractivity contribution in [2.24, 2.45) is 0 Å². The first-order valence-electron chi connectivity index (χ1n) is 7.07. The number of nitrogens with zero attached hydrogens (tertiary/aromatic N) is 3. The minimum Gasteiger partial charge on any atom is -0.329 e. The maximum absolute atomic E-state index is 13.0. The molecule has 1 aromatic heterocycles. The van der Waals surface area contributed by atoms with E-state index in [4.69, 9.17) is 0 Å². The van der Waals surface area contributed by atoms with Crippen LogP contribution in [-0.2, 0) is 16.5 Å². The lowest BCUT2D eigenvalue weighted by molar-refractivity contribution is -0.141. The number of aromatic nitrogens is 2. The maximum Gasteiger partial charge on any atom is 0.433 e. The number of hydrogen-bond acceptors (Lipinski definition) is 4. The van der Waals surface area contributed by atoms with Crippen molar-refractivity contribution < 1.29 is 18.0 Å². The van der Waals surface area contributed by atoms with Gasteiger partial charge in [-0.15, -0.1) is 0 Å². The number of carbonyl (C=O) groups is 1. The monoisotopic (exact) mass is 316 g/mol. The second kappa shape index (κ2) is 5.83. The van der Waals surface area contributed by atoms with Crippen LogP contribution in [0.25, 0.3) is 0 Å². The zero-order valence-electron chi connectivity index (χ0n) is 12.8. The first-order chi connectivity index (χ1) is 10.2. The number of alkyl halides is 3. The van der Waals surface area contributed by atoms with Gasteiger partial charge in [0.25, 0.3) is 0 Å². The topological polar surface area (TPSA) is 58.1 Å². The molecular weight excluding hydrogens is 297 g/mol. The summed E-state index contributed by atoms with van der Waals surface area (Å²) in [6.07, 6.45) is -3.27. The number of hydrogen-bond donors (Lipinski definition) is 1. The molecule has 1 N–H and O–H groups in total. The fourth-order valence-electron chi connectivity index (χ4n) is 2.80. The molecular formula is C14H19F3N4O. The number of rotatable bonds is 3. The lowest BCUT2D eigenvalue weighted by Gasteiger charge is -2.34. The Hall–Kier alpha value is -1.70. The average Bonchev–Trinajstić information content (AvgIpc) is 2.81. The van der Waals surface area contributed by atoms with Crippen molar-refractivity contribution in [3.8, 4) is 0 Å². The summed E-state index contributed by atoms with van der Waals surface area (Å²) in [6, 6.07) is 0.918. The van der Waals surface area contributed by atoms with Crippen molar-refractivity contribution in [1.82, 2.24) is 20.2 Å². The van der Waals surface area contributed by atoms with Crippen LogP contribution in [0.15, 0.2) is 6.07 Å². The quantitative estimate of drug-likeness (QED) is 0.925. The Labute approximate surface area is 126 Å². The number of likely N-dealkylation sites (N-methyl/N-ethyl adjacent to an activating group) is 1. The van der Waals surface area contributed by atoms with Gasteiger partial charge in [0.15, 0.2) is 5.82 Å². The van der Waals surface area contributed by atoms with E-state index in [0.717, 1.165) is 6.07 Å². The van der Waals surface area contributed by atoms with E-state index in [9.17, 15) is 18.0 Å². The molecule has 5 nitrogen and oxygen atoms in total. The predicted molar refractivity (Wildman–Crippen MR) is 74.0 cm³/mol. The van der Waals surface area contributed by atoms with Crippen molar-refractivity contribution in [2.45, 2.75) is 38.4 Å². The highest BCUT2D eigenvalue weighted by Crippen LogP contribution is 2.38. The first kappa shape index (κ1) is 16.7. The van der Waals surface area contributed by atoms with Crippen molar-refractivity contribution in [2.75, 3.05) is 20.1 Å². The summed E-state index contributed by atoms with van der Waals surface area (Å²) in [7, 11) is 1.65. The fraction of sp³-hybridized carbons (Fsp3) is 0.643. The van der Waals surface area contributed by atoms with Crippen LogP contribution in [0.4, 0.5) is 13.2 Å². The molecule has 2 heterocycles. The number of halogens is 3. The van der Waals surface area contributed by atoms with Crippen LogP contribution < -0.4 is 5.32 Å². The summed E-state index contributed by atoms with van der Waals surface area (Å²) in [4.78, 5) is 21.6. The normalized spacial score (nSPS) is 22.2. The zero-order chi connectivity index (χ0) is 16.5. The number of carbonyl (C=O) groups excluding carboxylic acids is 1. The Balaban J connectivity index is 2.44. The summed E-state index contributed by atoms with van der Waals surface area (Å²) < 4.78 is 38.9. The Bertz CT molecular complexity index is 576. The molecule has 122 valence electrons. The third-order valence-electron chi connectivity index (χ3n) is 3.90. The largest absolute Gasteiger partial charge is 0.433 e. The molecule has 1 atom stereocenters. The van der Waals surface area contributed by atoms with Gasteiger partial charge in [-0.2, -0.15) is 13.2 Å². The van der Waals surface area contributed by atoms with E-state index in [1.54, 1.807) is 18.9 Å². The molecule has 1 amide bonds. The molecule has 0 saturated carbocycles. The van der Waals surface area contributed by atoms with E-state index < -0.39 is 17.4 Å². The summed E-state index contributed by atoms with van der Waals surface area (Å²) in [6.45, 7) is 3.85. The van der Waals surface area contributed by atoms with Gasteiger partial charge in [-0.05, 0) is 39.8 Å². The van der Waals surface area contributed by atoms with Crippen molar-refractivity contribution >= 4 is 5.91 Å². The summed E-state index contributed by atoms with van der Waals surface area (Å²) in [5, 5.41) is 2.77. The lowest BCUT2D eigenvalue weighted by Crippen LogP contribution is -2.47. The highest BCUT2D eigenvalue weighted by molar-refractivity contribution is 5.79. The average molecular weight is 316 g/mol. The molecule has 1 fully saturated rings. The van der Waals surface area contributed by atoms with Gasteiger partial charge in [0.2, 0.25) is 5.91 Å². The molecule has 0 bridgehead atoms. The summed E-state index contributed by atoms with van der Waals surface area (Å²) in [5.74, 6) is -0.108. The minimum absolute atomic E-state index is 0.0572. The van der Waals surface area contributed by atoms with Crippen molar-refractivity contribution in [1.29, 1.82) is 0 Å². The van der Waals surface area contributed by atoms with Gasteiger partial charge in [0.05, 0.1) is 12.1 Å². The van der Waals surface area contributed by atoms with Crippen LogP contribution >= 0.6 is 0 Å². The van der Waals surface area contributed by atoms with E-state index in [0.29, 0.717) is 19.4 Å². The third kappa shape index (κ3) is 3.06. The smallest absolute Gasteiger partial charge is 0.329 e. The van der Waals surface area contributed by atoms with E-state index >= 15 is 0 Å². The standard InChI is InChI=1S/C14H19F3N4O/c1-9-7-10(14(15,16)17)20-12(19-9)13(2)5-4-6-21(13)11(22)8-18-3/h7,18H,4-6,8H2,1-3H3/t13-/m0/s1. The molecule has 0 radical (unpaired) electrons. The van der Waals surface area contributed by atoms with Gasteiger partial charge in [0.1, 0.15) is 5.69 Å². The predicted octanol–water partition coefficient (Wildman–Crippen LogP) is 1.86. The molecule has 0 aromatic carbocycles. The number of nitrogens with one attached hydrogen (secondary N) is 1. The number of likely N-dealkylation sites (tertiary alicyclic amines) is 1. The van der Waals surface area contributed by atoms with E-state index in [1.165, 1.54) is 6.92 Å². The Morgan fingerprint density at radius 2 is 2.14 bits per heavy atom. The van der Waals surface area contributed by atoms with Gasteiger partial charge >= 0.3 is 6.18 Å². The van der Waals surface area contributed by atoms with Crippen LogP contribution in [-0.4, -0.2) is 40.9 Å². The molecule has 0 spiro atoms. The van der Waals surface area contributed by atoms with Crippen LogP contribution in [0.2, 0.25) is 0 Å². The summed E-state index contributed by atoms with van der Waals surface area (Å²) in [5.41, 5.74) is -1.63. The van der Waals surface area contributed by atoms with Gasteiger partial charge in [-0.3, -0.25) is 4.79 Å². The second-order valence-corrected chi connectivity index (χ2v) is 5.67. The minimum atomic E-state index is -4.53. The molecule has 1 saturated heterocycles. The Morgan fingerprint density at radius 1 is 1.45 bits per heavy atom. The molecule has 1 aromatic rings. The van der Waals surface area contributed by atoms with Crippen molar-refractivity contribution in [3.05, 3.63) is 23.3 Å². The SMILES string of the molecule is CNCC(=O)N1CCC[C@@]1(C)c1nc(C)cc(C(F)(F)F)n1. The molecule has 8 heteroatoms. The van der Waals surface area contributed by atoms with Crippen LogP contribution in [0.5, 0.6) is 0 Å². The van der Waals surface area contributed by atoms with E-state index in [-0.39, 0.29) is 24.0 Å². The van der Waals surface area contributed by atoms with Gasteiger partial charge in [0, 0.05) is 12.2 Å². The molecule has 2 rings (SSSR count). The summed E-state index contributed by atoms with van der Waals surface area (Å²) >= 11 is 0. The fourth-order valence-corrected chi connectivity index (χ4v) is 2.80. The second-order valence-electron chi connectivity index (χ2n) is 5.67. The van der Waals surface area contributed by atoms with Crippen LogP contribution in [0.1, 0.15) is 37.0 Å². The van der Waals surface area contributed by atoms with E-state index in [2.05, 4.69) is 15.3 Å². The molecule has 1 aliphatic rings. The highest BCUT2D eigenvalue weighted by atomic mass is 19.4. The van der Waals surface area contributed by atoms with Gasteiger partial charge in [-0.1, -0.05) is 0 Å². The highest BCUT2D eigenvalue weighted by Gasteiger charge is 2.44. The Morgan fingerprint density at radius 3 is 2.73 bits per heavy atom. The van der Waals surface area contributed by atoms with Gasteiger partial charge in [-0.25, -0.2) is 9.97 Å². The number of aryl methyl sites for hydroxylation is 1. The molecule has 0 unspecified atom stereocenters. The number of amides is 1. The molecule has 22 heavy (non-hydrogen) atoms. The van der Waals surface area contributed by atoms with E-state index in [1.807, 2.05) is 0 Å². The van der Waals surface area contributed by atoms with Crippen LogP contribution in [0, 0.1) is 6.92 Å². The first-order valence-corrected chi connectivity index (χ1v) is 7.07. The Kier molecular flexibility index (Phi) is 4.42. The third-order valence-corrected chi connectivity index (χ3v) is 3.90. The molecule has 0 aliphatic carbocycles. The molecule has 1 aliphatic heterocycles. The zero-order valence-corrected chi connectivity index (χ0v) is 12.8. The maximum atomic E-state index is 13.0.